The Kier molecular flexibility index (Phi) is 7.17. The molecule has 0 aliphatic heterocycles. The molecule has 0 aliphatic rings. The smallest absolute Gasteiger partial charge is 0.308 e. The van der Waals surface area contributed by atoms with E-state index in [-0.39, 0.29) is 11.8 Å². The van der Waals surface area contributed by atoms with Gasteiger partial charge in [-0.1, -0.05) is 17.7 Å². The third kappa shape index (κ3) is 6.22. The molecule has 2 amide bonds. The third-order valence-electron chi connectivity index (χ3n) is 3.39. The molecule has 2 aromatic carbocycles. The summed E-state index contributed by atoms with van der Waals surface area (Å²) in [5, 5.41) is 6.10. The number of ether oxygens (including phenoxy) is 1. The van der Waals surface area contributed by atoms with E-state index in [1.54, 1.807) is 42.5 Å². The van der Waals surface area contributed by atoms with Gasteiger partial charge in [-0.3, -0.25) is 14.4 Å². The average Bonchev–Trinajstić information content (AvgIpc) is 2.61. The van der Waals surface area contributed by atoms with Crippen molar-refractivity contribution < 1.29 is 19.1 Å². The molecule has 0 radical (unpaired) electrons. The Balaban J connectivity index is 1.72. The first-order chi connectivity index (χ1) is 12.5. The van der Waals surface area contributed by atoms with Crippen LogP contribution in [-0.4, -0.2) is 30.9 Å². The molecule has 0 heterocycles. The molecular formula is C19H19ClN2O4. The number of esters is 1. The second kappa shape index (κ2) is 9.58. The lowest BCUT2D eigenvalue weighted by molar-refractivity contribution is -0.131. The summed E-state index contributed by atoms with van der Waals surface area (Å²) in [6.45, 7) is 2.12. The molecule has 2 aromatic rings. The van der Waals surface area contributed by atoms with E-state index in [1.807, 2.05) is 0 Å². The Morgan fingerprint density at radius 2 is 1.54 bits per heavy atom. The first-order valence-electron chi connectivity index (χ1n) is 8.06. The first-order valence-corrected chi connectivity index (χ1v) is 8.44. The van der Waals surface area contributed by atoms with Crippen molar-refractivity contribution >= 4 is 29.4 Å². The van der Waals surface area contributed by atoms with Gasteiger partial charge < -0.3 is 15.4 Å². The van der Waals surface area contributed by atoms with Crippen molar-refractivity contribution in [3.8, 4) is 5.75 Å². The van der Waals surface area contributed by atoms with Gasteiger partial charge in [0.25, 0.3) is 11.8 Å². The third-order valence-corrected chi connectivity index (χ3v) is 3.64. The molecule has 26 heavy (non-hydrogen) atoms. The number of rotatable bonds is 7. The lowest BCUT2D eigenvalue weighted by Gasteiger charge is -2.08. The van der Waals surface area contributed by atoms with E-state index in [0.717, 1.165) is 0 Å². The van der Waals surface area contributed by atoms with Crippen LogP contribution in [0.2, 0.25) is 5.02 Å². The predicted molar refractivity (Wildman–Crippen MR) is 98.5 cm³/mol. The minimum atomic E-state index is -0.445. The molecule has 0 unspecified atom stereocenters. The van der Waals surface area contributed by atoms with Crippen molar-refractivity contribution in [2.75, 3.05) is 13.1 Å². The fourth-order valence-corrected chi connectivity index (χ4v) is 2.29. The quantitative estimate of drug-likeness (QED) is 0.443. The van der Waals surface area contributed by atoms with Gasteiger partial charge in [0.1, 0.15) is 5.75 Å². The van der Waals surface area contributed by atoms with Crippen LogP contribution in [0.3, 0.4) is 0 Å². The highest BCUT2D eigenvalue weighted by molar-refractivity contribution is 6.30. The number of hydrogen-bond donors (Lipinski definition) is 2. The van der Waals surface area contributed by atoms with Crippen LogP contribution in [-0.2, 0) is 4.79 Å². The minimum Gasteiger partial charge on any atom is -0.427 e. The summed E-state index contributed by atoms with van der Waals surface area (Å²) in [4.78, 5) is 34.9. The van der Waals surface area contributed by atoms with Crippen LogP contribution in [0.1, 0.15) is 34.1 Å². The van der Waals surface area contributed by atoms with E-state index in [4.69, 9.17) is 16.3 Å². The number of nitrogens with one attached hydrogen (secondary N) is 2. The Labute approximate surface area is 156 Å². The summed E-state index contributed by atoms with van der Waals surface area (Å²) in [6.07, 6.45) is 0.578. The Bertz CT molecular complexity index is 790. The van der Waals surface area contributed by atoms with Gasteiger partial charge in [0.15, 0.2) is 0 Å². The molecule has 0 saturated heterocycles. The fraction of sp³-hybridized carbons (Fsp3) is 0.211. The van der Waals surface area contributed by atoms with Gasteiger partial charge in [-0.05, 0) is 48.9 Å². The molecule has 0 fully saturated rings. The van der Waals surface area contributed by atoms with Gasteiger partial charge in [-0.25, -0.2) is 0 Å². The maximum absolute atomic E-state index is 12.1. The van der Waals surface area contributed by atoms with Crippen molar-refractivity contribution in [2.24, 2.45) is 0 Å². The zero-order chi connectivity index (χ0) is 18.9. The van der Waals surface area contributed by atoms with Gasteiger partial charge in [0.05, 0.1) is 0 Å². The molecule has 0 bridgehead atoms. The maximum Gasteiger partial charge on any atom is 0.308 e. The van der Waals surface area contributed by atoms with Crippen LogP contribution in [0.5, 0.6) is 5.75 Å². The highest BCUT2D eigenvalue weighted by Crippen LogP contribution is 2.13. The lowest BCUT2D eigenvalue weighted by atomic mass is 10.2. The van der Waals surface area contributed by atoms with E-state index in [0.29, 0.717) is 41.4 Å². The van der Waals surface area contributed by atoms with Crippen molar-refractivity contribution in [1.82, 2.24) is 10.6 Å². The minimum absolute atomic E-state index is 0.193. The van der Waals surface area contributed by atoms with E-state index >= 15 is 0 Å². The summed E-state index contributed by atoms with van der Waals surface area (Å²) < 4.78 is 4.95. The van der Waals surface area contributed by atoms with Crippen molar-refractivity contribution in [2.45, 2.75) is 13.3 Å². The molecule has 7 heteroatoms. The summed E-state index contributed by atoms with van der Waals surface area (Å²) in [7, 11) is 0. The fourth-order valence-electron chi connectivity index (χ4n) is 2.16. The van der Waals surface area contributed by atoms with Crippen molar-refractivity contribution in [1.29, 1.82) is 0 Å². The highest BCUT2D eigenvalue weighted by atomic mass is 35.5. The van der Waals surface area contributed by atoms with Gasteiger partial charge in [-0.15, -0.1) is 0 Å². The Hall–Kier alpha value is -2.86. The van der Waals surface area contributed by atoms with Crippen LogP contribution >= 0.6 is 11.6 Å². The lowest BCUT2D eigenvalue weighted by Crippen LogP contribution is -2.29. The molecule has 6 nitrogen and oxygen atoms in total. The van der Waals surface area contributed by atoms with Crippen LogP contribution in [0, 0.1) is 0 Å². The zero-order valence-corrected chi connectivity index (χ0v) is 15.0. The van der Waals surface area contributed by atoms with Crippen molar-refractivity contribution in [3.05, 3.63) is 64.7 Å². The molecule has 136 valence electrons. The van der Waals surface area contributed by atoms with Gasteiger partial charge >= 0.3 is 5.97 Å². The van der Waals surface area contributed by atoms with Crippen LogP contribution in [0.25, 0.3) is 0 Å². The highest BCUT2D eigenvalue weighted by Gasteiger charge is 2.08. The van der Waals surface area contributed by atoms with Crippen LogP contribution < -0.4 is 15.4 Å². The van der Waals surface area contributed by atoms with E-state index < -0.39 is 5.97 Å². The van der Waals surface area contributed by atoms with Gasteiger partial charge in [0, 0.05) is 36.2 Å². The molecule has 0 atom stereocenters. The van der Waals surface area contributed by atoms with E-state index in [1.165, 1.54) is 13.0 Å². The zero-order valence-electron chi connectivity index (χ0n) is 14.3. The molecule has 0 spiro atoms. The number of halogens is 1. The molecular weight excluding hydrogens is 356 g/mol. The molecule has 2 rings (SSSR count). The van der Waals surface area contributed by atoms with Gasteiger partial charge in [-0.2, -0.15) is 0 Å². The molecule has 0 saturated carbocycles. The normalized spacial score (nSPS) is 10.1. The largest absolute Gasteiger partial charge is 0.427 e. The number of hydrogen-bond acceptors (Lipinski definition) is 4. The number of carbonyl (C=O) groups excluding carboxylic acids is 3. The number of amides is 2. The number of benzene rings is 2. The Morgan fingerprint density at radius 1 is 0.923 bits per heavy atom. The molecule has 0 aromatic heterocycles. The van der Waals surface area contributed by atoms with Crippen LogP contribution in [0.4, 0.5) is 0 Å². The maximum atomic E-state index is 12.1. The predicted octanol–water partition coefficient (Wildman–Crippen LogP) is 2.82. The Morgan fingerprint density at radius 3 is 2.15 bits per heavy atom. The average molecular weight is 375 g/mol. The molecule has 2 N–H and O–H groups in total. The first kappa shape index (κ1) is 19.5. The van der Waals surface area contributed by atoms with E-state index in [9.17, 15) is 14.4 Å². The van der Waals surface area contributed by atoms with Crippen molar-refractivity contribution in [3.63, 3.8) is 0 Å². The summed E-state index contributed by atoms with van der Waals surface area (Å²) >= 11 is 5.78. The monoisotopic (exact) mass is 374 g/mol. The summed E-state index contributed by atoms with van der Waals surface area (Å²) in [6, 6.07) is 13.0. The second-order valence-electron chi connectivity index (χ2n) is 5.49. The summed E-state index contributed by atoms with van der Waals surface area (Å²) in [5.41, 5.74) is 0.926. The standard InChI is InChI=1S/C19H19ClN2O4/c1-13(23)26-17-5-2-4-15(12-17)19(25)22-11-3-10-21-18(24)14-6-8-16(20)9-7-14/h2,4-9,12H,3,10-11H2,1H3,(H,21,24)(H,22,25). The SMILES string of the molecule is CC(=O)Oc1cccc(C(=O)NCCCNC(=O)c2ccc(Cl)cc2)c1. The number of carbonyl (C=O) groups is 3. The summed E-state index contributed by atoms with van der Waals surface area (Å²) in [5.74, 6) is -0.593. The van der Waals surface area contributed by atoms with Crippen LogP contribution in [0.15, 0.2) is 48.5 Å². The van der Waals surface area contributed by atoms with Gasteiger partial charge in [0.2, 0.25) is 0 Å². The molecule has 0 aliphatic carbocycles. The topological polar surface area (TPSA) is 84.5 Å². The van der Waals surface area contributed by atoms with E-state index in [2.05, 4.69) is 10.6 Å². The second-order valence-corrected chi connectivity index (χ2v) is 5.93.